The lowest BCUT2D eigenvalue weighted by molar-refractivity contribution is 0.928. The zero-order valence-electron chi connectivity index (χ0n) is 7.27. The zero-order chi connectivity index (χ0) is 9.97. The number of hydrogen-bond donors (Lipinski definition) is 2. The van der Waals surface area contributed by atoms with Gasteiger partial charge in [0.25, 0.3) is 0 Å². The van der Waals surface area contributed by atoms with Crippen molar-refractivity contribution in [2.24, 2.45) is 0 Å². The highest BCUT2D eigenvalue weighted by molar-refractivity contribution is 5.68. The maximum Gasteiger partial charge on any atom is 0.363 e. The molecule has 14 heavy (non-hydrogen) atoms. The van der Waals surface area contributed by atoms with E-state index in [0.717, 1.165) is 5.56 Å². The van der Waals surface area contributed by atoms with E-state index in [1.54, 1.807) is 0 Å². The van der Waals surface area contributed by atoms with Gasteiger partial charge < -0.3 is 5.73 Å². The quantitative estimate of drug-likeness (QED) is 0.679. The van der Waals surface area contributed by atoms with Gasteiger partial charge in [0.15, 0.2) is 5.82 Å². The summed E-state index contributed by atoms with van der Waals surface area (Å²) in [4.78, 5) is 14.3. The second-order valence-electron chi connectivity index (χ2n) is 2.74. The fourth-order valence-electron chi connectivity index (χ4n) is 1.16. The van der Waals surface area contributed by atoms with Gasteiger partial charge in [0.1, 0.15) is 5.69 Å². The molecule has 5 nitrogen and oxygen atoms in total. The molecule has 2 aromatic rings. The van der Waals surface area contributed by atoms with Crippen LogP contribution in [-0.4, -0.2) is 15.2 Å². The van der Waals surface area contributed by atoms with Crippen LogP contribution in [-0.2, 0) is 0 Å². The predicted octanol–water partition coefficient (Wildman–Crippen LogP) is 0.414. The average Bonchev–Trinajstić information content (AvgIpc) is 2.19. The van der Waals surface area contributed by atoms with Crippen LogP contribution >= 0.6 is 0 Å². The highest BCUT2D eigenvalue weighted by Gasteiger charge is 2.04. The third-order valence-corrected chi connectivity index (χ3v) is 1.78. The summed E-state index contributed by atoms with van der Waals surface area (Å²) in [5, 5.41) is 6.07. The SMILES string of the molecule is Nc1nc(=O)[nH]nc1-c1ccccc1. The highest BCUT2D eigenvalue weighted by atomic mass is 16.1. The van der Waals surface area contributed by atoms with Crippen LogP contribution < -0.4 is 11.4 Å². The smallest absolute Gasteiger partial charge is 0.363 e. The Labute approximate surface area is 79.6 Å². The van der Waals surface area contributed by atoms with Gasteiger partial charge in [-0.2, -0.15) is 10.1 Å². The molecule has 0 aliphatic rings. The Morgan fingerprint density at radius 1 is 1.21 bits per heavy atom. The molecule has 0 fully saturated rings. The van der Waals surface area contributed by atoms with Crippen LogP contribution in [0, 0.1) is 0 Å². The molecule has 0 aliphatic heterocycles. The van der Waals surface area contributed by atoms with Crippen LogP contribution in [0.4, 0.5) is 5.82 Å². The molecule has 0 radical (unpaired) electrons. The monoisotopic (exact) mass is 188 g/mol. The lowest BCUT2D eigenvalue weighted by Crippen LogP contribution is -2.15. The van der Waals surface area contributed by atoms with E-state index in [0.29, 0.717) is 5.69 Å². The van der Waals surface area contributed by atoms with Crippen molar-refractivity contribution in [1.29, 1.82) is 0 Å². The van der Waals surface area contributed by atoms with Gasteiger partial charge in [-0.25, -0.2) is 9.89 Å². The fraction of sp³-hybridized carbons (Fsp3) is 0. The van der Waals surface area contributed by atoms with E-state index in [2.05, 4.69) is 15.2 Å². The number of aromatic nitrogens is 3. The van der Waals surface area contributed by atoms with E-state index in [1.807, 2.05) is 30.3 Å². The Balaban J connectivity index is 2.58. The van der Waals surface area contributed by atoms with E-state index in [1.165, 1.54) is 0 Å². The van der Waals surface area contributed by atoms with Crippen LogP contribution in [0.5, 0.6) is 0 Å². The van der Waals surface area contributed by atoms with Crippen molar-refractivity contribution in [1.82, 2.24) is 15.2 Å². The second-order valence-corrected chi connectivity index (χ2v) is 2.74. The first-order chi connectivity index (χ1) is 6.77. The molecule has 70 valence electrons. The molecular weight excluding hydrogens is 180 g/mol. The first kappa shape index (κ1) is 8.43. The van der Waals surface area contributed by atoms with Crippen LogP contribution in [0.1, 0.15) is 0 Å². The van der Waals surface area contributed by atoms with E-state index < -0.39 is 5.69 Å². The summed E-state index contributed by atoms with van der Waals surface area (Å²) in [6.07, 6.45) is 0. The van der Waals surface area contributed by atoms with Crippen molar-refractivity contribution >= 4 is 5.82 Å². The van der Waals surface area contributed by atoms with Crippen LogP contribution in [0.2, 0.25) is 0 Å². The first-order valence-electron chi connectivity index (χ1n) is 4.05. The number of hydrogen-bond acceptors (Lipinski definition) is 4. The van der Waals surface area contributed by atoms with Crippen molar-refractivity contribution < 1.29 is 0 Å². The molecule has 0 aliphatic carbocycles. The molecule has 0 saturated carbocycles. The lowest BCUT2D eigenvalue weighted by Gasteiger charge is -2.00. The number of benzene rings is 1. The van der Waals surface area contributed by atoms with Gasteiger partial charge in [-0.1, -0.05) is 30.3 Å². The molecule has 0 saturated heterocycles. The van der Waals surface area contributed by atoms with Crippen molar-refractivity contribution in [3.05, 3.63) is 40.8 Å². The summed E-state index contributed by atoms with van der Waals surface area (Å²) in [6.45, 7) is 0. The third-order valence-electron chi connectivity index (χ3n) is 1.78. The van der Waals surface area contributed by atoms with Gasteiger partial charge in [0, 0.05) is 5.56 Å². The molecule has 0 atom stereocenters. The summed E-state index contributed by atoms with van der Waals surface area (Å²) >= 11 is 0. The molecule has 0 amide bonds. The molecule has 0 spiro atoms. The van der Waals surface area contributed by atoms with Gasteiger partial charge in [-0.15, -0.1) is 0 Å². The number of H-pyrrole nitrogens is 1. The Morgan fingerprint density at radius 3 is 2.57 bits per heavy atom. The largest absolute Gasteiger partial charge is 0.382 e. The van der Waals surface area contributed by atoms with E-state index in [9.17, 15) is 4.79 Å². The molecule has 5 heteroatoms. The van der Waals surface area contributed by atoms with Gasteiger partial charge in [0.2, 0.25) is 0 Å². The Bertz CT molecular complexity index is 492. The summed E-state index contributed by atoms with van der Waals surface area (Å²) < 4.78 is 0. The van der Waals surface area contributed by atoms with Crippen LogP contribution in [0.15, 0.2) is 35.1 Å². The van der Waals surface area contributed by atoms with E-state index >= 15 is 0 Å². The summed E-state index contributed by atoms with van der Waals surface area (Å²) in [6, 6.07) is 9.30. The number of aromatic amines is 1. The average molecular weight is 188 g/mol. The number of nitrogen functional groups attached to an aromatic ring is 1. The number of anilines is 1. The lowest BCUT2D eigenvalue weighted by atomic mass is 10.1. The predicted molar refractivity (Wildman–Crippen MR) is 52.5 cm³/mol. The number of nitrogens with two attached hydrogens (primary N) is 1. The maximum absolute atomic E-state index is 10.8. The van der Waals surface area contributed by atoms with Gasteiger partial charge in [-0.3, -0.25) is 0 Å². The van der Waals surface area contributed by atoms with Gasteiger partial charge in [-0.05, 0) is 0 Å². The molecule has 0 bridgehead atoms. The molecule has 1 aromatic carbocycles. The van der Waals surface area contributed by atoms with Crippen molar-refractivity contribution in [3.8, 4) is 11.3 Å². The minimum absolute atomic E-state index is 0.139. The fourth-order valence-corrected chi connectivity index (χ4v) is 1.16. The molecule has 0 unspecified atom stereocenters. The number of rotatable bonds is 1. The molecule has 1 heterocycles. The molecule has 3 N–H and O–H groups in total. The Morgan fingerprint density at radius 2 is 1.93 bits per heavy atom. The topological polar surface area (TPSA) is 84.7 Å². The third kappa shape index (κ3) is 1.47. The summed E-state index contributed by atoms with van der Waals surface area (Å²) in [7, 11) is 0. The van der Waals surface area contributed by atoms with Crippen molar-refractivity contribution in [2.75, 3.05) is 5.73 Å². The van der Waals surface area contributed by atoms with Crippen LogP contribution in [0.25, 0.3) is 11.3 Å². The number of nitrogens with zero attached hydrogens (tertiary/aromatic N) is 2. The minimum atomic E-state index is -0.540. The normalized spacial score (nSPS) is 10.0. The highest BCUT2D eigenvalue weighted by Crippen LogP contribution is 2.18. The van der Waals surface area contributed by atoms with E-state index in [4.69, 9.17) is 5.73 Å². The van der Waals surface area contributed by atoms with Crippen molar-refractivity contribution in [2.45, 2.75) is 0 Å². The van der Waals surface area contributed by atoms with E-state index in [-0.39, 0.29) is 5.82 Å². The first-order valence-corrected chi connectivity index (χ1v) is 4.05. The molecule has 2 rings (SSSR count). The second kappa shape index (κ2) is 3.29. The molecular formula is C9H8N4O. The maximum atomic E-state index is 10.8. The standard InChI is InChI=1S/C9H8N4O/c10-8-7(12-13-9(14)11-8)6-4-2-1-3-5-6/h1-5H,(H3,10,11,13,14). The number of nitrogens with one attached hydrogen (secondary N) is 1. The Hall–Kier alpha value is -2.17. The van der Waals surface area contributed by atoms with Crippen molar-refractivity contribution in [3.63, 3.8) is 0 Å². The van der Waals surface area contributed by atoms with Gasteiger partial charge in [0.05, 0.1) is 0 Å². The molecule has 1 aromatic heterocycles. The summed E-state index contributed by atoms with van der Waals surface area (Å²) in [5.74, 6) is 0.139. The minimum Gasteiger partial charge on any atom is -0.382 e. The Kier molecular flexibility index (Phi) is 1.98. The summed E-state index contributed by atoms with van der Waals surface area (Å²) in [5.41, 5.74) is 6.34. The zero-order valence-corrected chi connectivity index (χ0v) is 7.27. The van der Waals surface area contributed by atoms with Crippen LogP contribution in [0.3, 0.4) is 0 Å². The van der Waals surface area contributed by atoms with Gasteiger partial charge >= 0.3 is 5.69 Å².